The van der Waals surface area contributed by atoms with Gasteiger partial charge in [0.15, 0.2) is 0 Å². The third-order valence-electron chi connectivity index (χ3n) is 5.74. The Kier molecular flexibility index (Phi) is 7.60. The number of amides is 1. The molecule has 6 nitrogen and oxygen atoms in total. The molecule has 0 saturated carbocycles. The van der Waals surface area contributed by atoms with E-state index in [1.165, 1.54) is 15.3 Å². The summed E-state index contributed by atoms with van der Waals surface area (Å²) in [6.45, 7) is 4.42. The molecule has 0 bridgehead atoms. The highest BCUT2D eigenvalue weighted by Crippen LogP contribution is 2.28. The molecule has 2 heterocycles. The highest BCUT2D eigenvalue weighted by Gasteiger charge is 2.22. The predicted molar refractivity (Wildman–Crippen MR) is 134 cm³/mol. The number of hydrogen-bond donors (Lipinski definition) is 1. The first-order valence-corrected chi connectivity index (χ1v) is 13.8. The van der Waals surface area contributed by atoms with Gasteiger partial charge in [-0.05, 0) is 41.8 Å². The number of nitrogens with zero attached hydrogens (tertiary/aromatic N) is 2. The minimum atomic E-state index is -3.18. The van der Waals surface area contributed by atoms with Crippen LogP contribution in [0.25, 0.3) is 10.4 Å². The summed E-state index contributed by atoms with van der Waals surface area (Å²) >= 11 is 1.83. The molecule has 1 saturated heterocycles. The van der Waals surface area contributed by atoms with Crippen molar-refractivity contribution in [2.24, 2.45) is 0 Å². The van der Waals surface area contributed by atoms with E-state index in [1.807, 2.05) is 46.6 Å². The van der Waals surface area contributed by atoms with Gasteiger partial charge in [-0.2, -0.15) is 0 Å². The molecule has 3 aromatic rings. The molecule has 1 aliphatic heterocycles. The van der Waals surface area contributed by atoms with Crippen LogP contribution in [0.15, 0.2) is 66.7 Å². The second kappa shape index (κ2) is 10.6. The van der Waals surface area contributed by atoms with Crippen LogP contribution in [0.5, 0.6) is 0 Å². The van der Waals surface area contributed by atoms with Gasteiger partial charge >= 0.3 is 0 Å². The van der Waals surface area contributed by atoms with Crippen LogP contribution in [-0.2, 0) is 23.0 Å². The fourth-order valence-electron chi connectivity index (χ4n) is 3.93. The number of carbonyl (C=O) groups is 1. The quantitative estimate of drug-likeness (QED) is 0.533. The minimum absolute atomic E-state index is 0.0537. The Morgan fingerprint density at radius 3 is 2.30 bits per heavy atom. The van der Waals surface area contributed by atoms with Gasteiger partial charge in [0.2, 0.25) is 10.0 Å². The van der Waals surface area contributed by atoms with Crippen LogP contribution in [0, 0.1) is 0 Å². The van der Waals surface area contributed by atoms with Crippen LogP contribution in [-0.4, -0.2) is 63.1 Å². The maximum absolute atomic E-state index is 12.9. The van der Waals surface area contributed by atoms with Gasteiger partial charge in [-0.25, -0.2) is 13.1 Å². The molecule has 1 aromatic heterocycles. The molecule has 0 atom stereocenters. The molecule has 0 unspecified atom stereocenters. The van der Waals surface area contributed by atoms with Gasteiger partial charge in [0.25, 0.3) is 5.91 Å². The zero-order valence-electron chi connectivity index (χ0n) is 18.7. The summed E-state index contributed by atoms with van der Waals surface area (Å²) < 4.78 is 24.8. The Balaban J connectivity index is 1.25. The highest BCUT2D eigenvalue weighted by atomic mass is 32.2. The summed E-state index contributed by atoms with van der Waals surface area (Å²) in [6, 6.07) is 22.3. The van der Waals surface area contributed by atoms with E-state index >= 15 is 0 Å². The summed E-state index contributed by atoms with van der Waals surface area (Å²) in [4.78, 5) is 19.9. The SMILES string of the molecule is CS(=O)(=O)NCCc1ccc(C(=O)N2CCN(Cc3ccc(-c4ccccc4)s3)CC2)cc1. The lowest BCUT2D eigenvalue weighted by molar-refractivity contribution is 0.0629. The molecule has 2 aromatic carbocycles. The molecule has 8 heteroatoms. The lowest BCUT2D eigenvalue weighted by Gasteiger charge is -2.34. The van der Waals surface area contributed by atoms with Gasteiger partial charge in [-0.3, -0.25) is 9.69 Å². The third-order valence-corrected chi connectivity index (χ3v) is 7.59. The van der Waals surface area contributed by atoms with Crippen molar-refractivity contribution >= 4 is 27.3 Å². The number of carbonyl (C=O) groups excluding carboxylic acids is 1. The van der Waals surface area contributed by atoms with Crippen molar-refractivity contribution in [3.63, 3.8) is 0 Å². The smallest absolute Gasteiger partial charge is 0.253 e. The Labute approximate surface area is 199 Å². The van der Waals surface area contributed by atoms with Crippen LogP contribution in [0.2, 0.25) is 0 Å². The Bertz CT molecular complexity index is 1170. The number of sulfonamides is 1. The highest BCUT2D eigenvalue weighted by molar-refractivity contribution is 7.88. The van der Waals surface area contributed by atoms with Crippen molar-refractivity contribution in [2.45, 2.75) is 13.0 Å². The average molecular weight is 484 g/mol. The molecule has 4 rings (SSSR count). The molecular weight excluding hydrogens is 454 g/mol. The first-order chi connectivity index (χ1) is 15.9. The van der Waals surface area contributed by atoms with E-state index in [9.17, 15) is 13.2 Å². The van der Waals surface area contributed by atoms with Gasteiger partial charge in [0.1, 0.15) is 0 Å². The summed E-state index contributed by atoms with van der Waals surface area (Å²) in [5.41, 5.74) is 2.93. The van der Waals surface area contributed by atoms with Crippen LogP contribution in [0.1, 0.15) is 20.8 Å². The second-order valence-electron chi connectivity index (χ2n) is 8.31. The molecule has 0 radical (unpaired) electrons. The predicted octanol–water partition coefficient (Wildman–Crippen LogP) is 3.46. The monoisotopic (exact) mass is 483 g/mol. The fourth-order valence-corrected chi connectivity index (χ4v) is 5.46. The summed E-state index contributed by atoms with van der Waals surface area (Å²) in [6.07, 6.45) is 1.74. The fraction of sp³-hybridized carbons (Fsp3) is 0.320. The Hall–Kier alpha value is -2.52. The normalized spacial score (nSPS) is 15.0. The average Bonchev–Trinajstić information content (AvgIpc) is 3.28. The second-order valence-corrected chi connectivity index (χ2v) is 11.3. The third kappa shape index (κ3) is 6.74. The van der Waals surface area contributed by atoms with E-state index in [1.54, 1.807) is 0 Å². The largest absolute Gasteiger partial charge is 0.336 e. The Morgan fingerprint density at radius 2 is 1.64 bits per heavy atom. The maximum Gasteiger partial charge on any atom is 0.253 e. The van der Waals surface area contributed by atoms with Crippen molar-refractivity contribution in [2.75, 3.05) is 39.0 Å². The van der Waals surface area contributed by atoms with Crippen LogP contribution < -0.4 is 4.72 Å². The van der Waals surface area contributed by atoms with Crippen LogP contribution in [0.4, 0.5) is 0 Å². The lowest BCUT2D eigenvalue weighted by atomic mass is 10.1. The maximum atomic E-state index is 12.9. The minimum Gasteiger partial charge on any atom is -0.336 e. The lowest BCUT2D eigenvalue weighted by Crippen LogP contribution is -2.48. The number of thiophene rings is 1. The summed E-state index contributed by atoms with van der Waals surface area (Å²) in [5, 5.41) is 0. The number of hydrogen-bond acceptors (Lipinski definition) is 5. The molecule has 174 valence electrons. The number of piperazine rings is 1. The van der Waals surface area contributed by atoms with Crippen molar-refractivity contribution < 1.29 is 13.2 Å². The van der Waals surface area contributed by atoms with E-state index in [-0.39, 0.29) is 5.91 Å². The number of nitrogens with one attached hydrogen (secondary N) is 1. The Morgan fingerprint density at radius 1 is 0.939 bits per heavy atom. The first-order valence-electron chi connectivity index (χ1n) is 11.1. The molecule has 0 aliphatic carbocycles. The van der Waals surface area contributed by atoms with Gasteiger partial charge in [0, 0.05) is 54.6 Å². The zero-order chi connectivity index (χ0) is 23.3. The molecule has 1 aliphatic rings. The zero-order valence-corrected chi connectivity index (χ0v) is 20.4. The van der Waals surface area contributed by atoms with E-state index in [4.69, 9.17) is 0 Å². The van der Waals surface area contributed by atoms with Gasteiger partial charge in [-0.15, -0.1) is 11.3 Å². The molecule has 1 N–H and O–H groups in total. The van der Waals surface area contributed by atoms with E-state index < -0.39 is 10.0 Å². The van der Waals surface area contributed by atoms with Crippen LogP contribution in [0.3, 0.4) is 0 Å². The van der Waals surface area contributed by atoms with E-state index in [2.05, 4.69) is 46.0 Å². The van der Waals surface area contributed by atoms with Crippen LogP contribution >= 0.6 is 11.3 Å². The van der Waals surface area contributed by atoms with Crippen molar-refractivity contribution in [3.05, 3.63) is 82.7 Å². The van der Waals surface area contributed by atoms with Crippen molar-refractivity contribution in [1.29, 1.82) is 0 Å². The first kappa shape index (κ1) is 23.6. The van der Waals surface area contributed by atoms with Gasteiger partial charge < -0.3 is 4.90 Å². The number of benzene rings is 2. The number of rotatable bonds is 8. The van der Waals surface area contributed by atoms with Crippen molar-refractivity contribution in [1.82, 2.24) is 14.5 Å². The van der Waals surface area contributed by atoms with Crippen molar-refractivity contribution in [3.8, 4) is 10.4 Å². The van der Waals surface area contributed by atoms with E-state index in [0.29, 0.717) is 18.5 Å². The van der Waals surface area contributed by atoms with E-state index in [0.717, 1.165) is 44.5 Å². The van der Waals surface area contributed by atoms with Gasteiger partial charge in [0.05, 0.1) is 6.26 Å². The molecule has 1 amide bonds. The molecular formula is C25H29N3O3S2. The molecule has 1 fully saturated rings. The van der Waals surface area contributed by atoms with Gasteiger partial charge in [-0.1, -0.05) is 42.5 Å². The topological polar surface area (TPSA) is 69.7 Å². The molecule has 33 heavy (non-hydrogen) atoms. The standard InChI is InChI=1S/C25H29N3O3S2/c1-33(30,31)26-14-13-20-7-9-22(10-8-20)25(29)28-17-15-27(16-18-28)19-23-11-12-24(32-23)21-5-3-2-4-6-21/h2-12,26H,13-19H2,1H3. The summed E-state index contributed by atoms with van der Waals surface area (Å²) in [5.74, 6) is 0.0537. The molecule has 0 spiro atoms. The summed E-state index contributed by atoms with van der Waals surface area (Å²) in [7, 11) is -3.18.